The van der Waals surface area contributed by atoms with Crippen LogP contribution >= 0.6 is 0 Å². The van der Waals surface area contributed by atoms with Crippen LogP contribution in [0.2, 0.25) is 0 Å². The molecule has 0 aromatic carbocycles. The summed E-state index contributed by atoms with van der Waals surface area (Å²) in [5, 5.41) is 3.42. The van der Waals surface area contributed by atoms with Crippen molar-refractivity contribution in [3.05, 3.63) is 18.2 Å². The molecule has 0 spiro atoms. The maximum absolute atomic E-state index is 4.21. The van der Waals surface area contributed by atoms with Crippen molar-refractivity contribution in [2.75, 3.05) is 26.7 Å². The topological polar surface area (TPSA) is 33.1 Å². The van der Waals surface area contributed by atoms with Gasteiger partial charge >= 0.3 is 0 Å². The van der Waals surface area contributed by atoms with E-state index >= 15 is 0 Å². The third-order valence-corrected chi connectivity index (χ3v) is 2.94. The van der Waals surface area contributed by atoms with Crippen LogP contribution in [0.1, 0.15) is 18.7 Å². The second-order valence-corrected chi connectivity index (χ2v) is 3.81. The number of hydrogen-bond donors (Lipinski definition) is 1. The lowest BCUT2D eigenvalue weighted by Crippen LogP contribution is -2.44. The van der Waals surface area contributed by atoms with Crippen LogP contribution < -0.4 is 5.32 Å². The number of piperazine rings is 1. The first-order chi connectivity index (χ1) is 6.83. The van der Waals surface area contributed by atoms with Crippen LogP contribution in [0, 0.1) is 0 Å². The van der Waals surface area contributed by atoms with Crippen molar-refractivity contribution >= 4 is 0 Å². The molecular formula is C10H18N4. The summed E-state index contributed by atoms with van der Waals surface area (Å²) in [5.41, 5.74) is 1.32. The summed E-state index contributed by atoms with van der Waals surface area (Å²) in [4.78, 5) is 6.60. The Balaban J connectivity index is 2.20. The maximum Gasteiger partial charge on any atom is 0.0948 e. The molecule has 2 rings (SSSR count). The van der Waals surface area contributed by atoms with Crippen molar-refractivity contribution in [2.45, 2.75) is 19.5 Å². The second-order valence-electron chi connectivity index (χ2n) is 3.81. The van der Waals surface area contributed by atoms with Crippen LogP contribution in [-0.4, -0.2) is 41.1 Å². The van der Waals surface area contributed by atoms with E-state index in [0.29, 0.717) is 6.04 Å². The summed E-state index contributed by atoms with van der Waals surface area (Å²) in [6.45, 7) is 6.39. The van der Waals surface area contributed by atoms with Crippen molar-refractivity contribution in [1.29, 1.82) is 0 Å². The Kier molecular flexibility index (Phi) is 2.84. The van der Waals surface area contributed by atoms with Gasteiger partial charge in [0.2, 0.25) is 0 Å². The summed E-state index contributed by atoms with van der Waals surface area (Å²) in [6.07, 6.45) is 3.90. The lowest BCUT2D eigenvalue weighted by molar-refractivity contribution is 0.194. The molecule has 4 nitrogen and oxygen atoms in total. The summed E-state index contributed by atoms with van der Waals surface area (Å²) < 4.78 is 2.22. The maximum atomic E-state index is 4.21. The Morgan fingerprint density at radius 3 is 3.21 bits per heavy atom. The fraction of sp³-hybridized carbons (Fsp3) is 0.700. The van der Waals surface area contributed by atoms with E-state index in [2.05, 4.69) is 33.7 Å². The summed E-state index contributed by atoms with van der Waals surface area (Å²) >= 11 is 0. The van der Waals surface area contributed by atoms with E-state index in [1.165, 1.54) is 5.69 Å². The molecule has 0 radical (unpaired) electrons. The number of aryl methyl sites for hydroxylation is 1. The molecule has 1 N–H and O–H groups in total. The van der Waals surface area contributed by atoms with Gasteiger partial charge in [-0.2, -0.15) is 0 Å². The number of imidazole rings is 1. The minimum absolute atomic E-state index is 0.478. The Bertz CT molecular complexity index is 294. The monoisotopic (exact) mass is 194 g/mol. The van der Waals surface area contributed by atoms with Crippen LogP contribution in [0.4, 0.5) is 0 Å². The van der Waals surface area contributed by atoms with E-state index in [4.69, 9.17) is 0 Å². The zero-order chi connectivity index (χ0) is 9.97. The predicted molar refractivity (Wildman–Crippen MR) is 56.1 cm³/mol. The molecule has 2 heterocycles. The highest BCUT2D eigenvalue weighted by Crippen LogP contribution is 2.19. The van der Waals surface area contributed by atoms with Gasteiger partial charge in [-0.3, -0.25) is 4.90 Å². The fourth-order valence-electron chi connectivity index (χ4n) is 2.01. The molecule has 1 aromatic heterocycles. The average Bonchev–Trinajstić information content (AvgIpc) is 2.66. The zero-order valence-corrected chi connectivity index (χ0v) is 8.90. The summed E-state index contributed by atoms with van der Waals surface area (Å²) in [7, 11) is 2.18. The van der Waals surface area contributed by atoms with Crippen molar-refractivity contribution in [2.24, 2.45) is 0 Å². The van der Waals surface area contributed by atoms with Crippen LogP contribution in [-0.2, 0) is 6.54 Å². The molecule has 1 aromatic rings. The highest BCUT2D eigenvalue weighted by atomic mass is 15.2. The SMILES string of the molecule is CCn1cncc1C1CNCCN1C. The minimum atomic E-state index is 0.478. The third-order valence-electron chi connectivity index (χ3n) is 2.94. The largest absolute Gasteiger partial charge is 0.333 e. The number of nitrogens with zero attached hydrogens (tertiary/aromatic N) is 3. The van der Waals surface area contributed by atoms with Crippen molar-refractivity contribution in [1.82, 2.24) is 19.8 Å². The van der Waals surface area contributed by atoms with Gasteiger partial charge in [0.15, 0.2) is 0 Å². The van der Waals surface area contributed by atoms with Crippen LogP contribution in [0.15, 0.2) is 12.5 Å². The standard InChI is InChI=1S/C10H18N4/c1-3-14-8-12-7-10(14)9-6-11-4-5-13(9)2/h7-9,11H,3-6H2,1-2H3. The highest BCUT2D eigenvalue weighted by Gasteiger charge is 2.22. The van der Waals surface area contributed by atoms with Gasteiger partial charge in [0.25, 0.3) is 0 Å². The third kappa shape index (κ3) is 1.67. The van der Waals surface area contributed by atoms with Crippen molar-refractivity contribution in [3.8, 4) is 0 Å². The molecule has 1 aliphatic rings. The molecule has 0 saturated carbocycles. The quantitative estimate of drug-likeness (QED) is 0.743. The first-order valence-electron chi connectivity index (χ1n) is 5.24. The molecular weight excluding hydrogens is 176 g/mol. The first kappa shape index (κ1) is 9.68. The Morgan fingerprint density at radius 2 is 2.50 bits per heavy atom. The predicted octanol–water partition coefficient (Wildman–Crippen LogP) is 0.479. The second kappa shape index (κ2) is 4.11. The number of hydrogen-bond acceptors (Lipinski definition) is 3. The summed E-state index contributed by atoms with van der Waals surface area (Å²) in [6, 6.07) is 0.478. The van der Waals surface area contributed by atoms with E-state index in [1.807, 2.05) is 12.5 Å². The molecule has 14 heavy (non-hydrogen) atoms. The van der Waals surface area contributed by atoms with E-state index < -0.39 is 0 Å². The Morgan fingerprint density at radius 1 is 1.64 bits per heavy atom. The van der Waals surface area contributed by atoms with Gasteiger partial charge in [-0.05, 0) is 14.0 Å². The lowest BCUT2D eigenvalue weighted by Gasteiger charge is -2.33. The molecule has 1 saturated heterocycles. The Labute approximate surface area is 84.9 Å². The van der Waals surface area contributed by atoms with Crippen LogP contribution in [0.25, 0.3) is 0 Å². The first-order valence-corrected chi connectivity index (χ1v) is 5.24. The van der Waals surface area contributed by atoms with Gasteiger partial charge in [0, 0.05) is 32.4 Å². The number of aromatic nitrogens is 2. The van der Waals surface area contributed by atoms with Gasteiger partial charge < -0.3 is 9.88 Å². The molecule has 1 unspecified atom stereocenters. The Hall–Kier alpha value is -0.870. The van der Waals surface area contributed by atoms with E-state index in [-0.39, 0.29) is 0 Å². The van der Waals surface area contributed by atoms with Crippen molar-refractivity contribution < 1.29 is 0 Å². The van der Waals surface area contributed by atoms with Crippen molar-refractivity contribution in [3.63, 3.8) is 0 Å². The molecule has 78 valence electrons. The molecule has 1 atom stereocenters. The smallest absolute Gasteiger partial charge is 0.0948 e. The van der Waals surface area contributed by atoms with Crippen LogP contribution in [0.3, 0.4) is 0 Å². The summed E-state index contributed by atoms with van der Waals surface area (Å²) in [5.74, 6) is 0. The zero-order valence-electron chi connectivity index (χ0n) is 8.90. The van der Waals surface area contributed by atoms with Gasteiger partial charge in [-0.15, -0.1) is 0 Å². The number of rotatable bonds is 2. The molecule has 1 fully saturated rings. The molecule has 0 bridgehead atoms. The fourth-order valence-corrected chi connectivity index (χ4v) is 2.01. The molecule has 4 heteroatoms. The molecule has 0 amide bonds. The van der Waals surface area contributed by atoms with E-state index in [0.717, 1.165) is 26.2 Å². The number of nitrogens with one attached hydrogen (secondary N) is 1. The van der Waals surface area contributed by atoms with Gasteiger partial charge in [0.05, 0.1) is 18.1 Å². The molecule has 0 aliphatic carbocycles. The van der Waals surface area contributed by atoms with Gasteiger partial charge in [-0.1, -0.05) is 0 Å². The van der Waals surface area contributed by atoms with Crippen LogP contribution in [0.5, 0.6) is 0 Å². The average molecular weight is 194 g/mol. The van der Waals surface area contributed by atoms with E-state index in [9.17, 15) is 0 Å². The molecule has 1 aliphatic heterocycles. The lowest BCUT2D eigenvalue weighted by atomic mass is 10.1. The highest BCUT2D eigenvalue weighted by molar-refractivity contribution is 5.07. The van der Waals surface area contributed by atoms with E-state index in [1.54, 1.807) is 0 Å². The number of likely N-dealkylation sites (N-methyl/N-ethyl adjacent to an activating group) is 1. The normalized spacial score (nSPS) is 24.0. The van der Waals surface area contributed by atoms with Gasteiger partial charge in [0.1, 0.15) is 0 Å². The van der Waals surface area contributed by atoms with Gasteiger partial charge in [-0.25, -0.2) is 4.98 Å². The minimum Gasteiger partial charge on any atom is -0.333 e.